The number of esters is 1. The minimum Gasteiger partial charge on any atom is -0.462 e. The normalized spacial score (nSPS) is 10.6. The maximum Gasteiger partial charge on any atom is 0.339 e. The summed E-state index contributed by atoms with van der Waals surface area (Å²) in [6, 6.07) is 10.3. The lowest BCUT2D eigenvalue weighted by atomic mass is 10.2. The van der Waals surface area contributed by atoms with Gasteiger partial charge >= 0.3 is 5.97 Å². The van der Waals surface area contributed by atoms with Crippen molar-refractivity contribution in [3.05, 3.63) is 70.5 Å². The van der Waals surface area contributed by atoms with E-state index in [-0.39, 0.29) is 23.0 Å². The predicted octanol–water partition coefficient (Wildman–Crippen LogP) is 4.31. The highest BCUT2D eigenvalue weighted by atomic mass is 35.5. The Balaban J connectivity index is 2.07. The maximum absolute atomic E-state index is 12.8. The van der Waals surface area contributed by atoms with Crippen molar-refractivity contribution in [3.63, 3.8) is 0 Å². The number of benzene rings is 2. The molecule has 0 bridgehead atoms. The second kappa shape index (κ2) is 8.26. The van der Waals surface area contributed by atoms with Crippen LogP contribution in [0.1, 0.15) is 22.8 Å². The molecule has 2 rings (SSSR count). The first kappa shape index (κ1) is 17.7. The van der Waals surface area contributed by atoms with Gasteiger partial charge in [-0.1, -0.05) is 23.7 Å². The Morgan fingerprint density at radius 3 is 2.58 bits per heavy atom. The summed E-state index contributed by atoms with van der Waals surface area (Å²) in [4.78, 5) is 23.7. The molecule has 0 radical (unpaired) electrons. The monoisotopic (exact) mass is 347 g/mol. The lowest BCUT2D eigenvalue weighted by molar-refractivity contribution is -0.111. The number of carbonyl (C=O) groups is 2. The van der Waals surface area contributed by atoms with Crippen molar-refractivity contribution in [2.75, 3.05) is 11.9 Å². The summed E-state index contributed by atoms with van der Waals surface area (Å²) in [5, 5.41) is 2.87. The van der Waals surface area contributed by atoms with Crippen LogP contribution in [0.4, 0.5) is 10.1 Å². The van der Waals surface area contributed by atoms with Gasteiger partial charge in [-0.25, -0.2) is 9.18 Å². The van der Waals surface area contributed by atoms with Gasteiger partial charge in [-0.05, 0) is 48.9 Å². The van der Waals surface area contributed by atoms with Crippen LogP contribution in [0.5, 0.6) is 0 Å². The number of anilines is 1. The molecule has 0 aliphatic carbocycles. The Kier molecular flexibility index (Phi) is 6.09. The summed E-state index contributed by atoms with van der Waals surface area (Å²) < 4.78 is 17.7. The maximum atomic E-state index is 12.8. The van der Waals surface area contributed by atoms with Crippen LogP contribution >= 0.6 is 11.6 Å². The van der Waals surface area contributed by atoms with Crippen LogP contribution in [0.25, 0.3) is 6.08 Å². The van der Waals surface area contributed by atoms with E-state index in [4.69, 9.17) is 16.3 Å². The molecule has 1 amide bonds. The van der Waals surface area contributed by atoms with Crippen LogP contribution in [0.15, 0.2) is 48.5 Å². The first-order valence-electron chi connectivity index (χ1n) is 7.21. The number of nitrogens with one attached hydrogen (secondary N) is 1. The molecule has 124 valence electrons. The van der Waals surface area contributed by atoms with E-state index in [1.165, 1.54) is 30.3 Å². The van der Waals surface area contributed by atoms with Crippen LogP contribution in [-0.4, -0.2) is 18.5 Å². The van der Waals surface area contributed by atoms with Crippen molar-refractivity contribution in [1.29, 1.82) is 0 Å². The highest BCUT2D eigenvalue weighted by Gasteiger charge is 2.12. The van der Waals surface area contributed by atoms with E-state index < -0.39 is 11.9 Å². The van der Waals surface area contributed by atoms with Gasteiger partial charge in [-0.15, -0.1) is 0 Å². The van der Waals surface area contributed by atoms with E-state index in [0.29, 0.717) is 11.3 Å². The van der Waals surface area contributed by atoms with Crippen LogP contribution in [-0.2, 0) is 9.53 Å². The fraction of sp³-hybridized carbons (Fsp3) is 0.111. The number of hydrogen-bond acceptors (Lipinski definition) is 3. The minimum atomic E-state index is -0.555. The van der Waals surface area contributed by atoms with Gasteiger partial charge in [0.2, 0.25) is 5.91 Å². The molecule has 0 aliphatic heterocycles. The number of carbonyl (C=O) groups excluding carboxylic acids is 2. The fourth-order valence-electron chi connectivity index (χ4n) is 1.90. The third kappa shape index (κ3) is 4.93. The molecule has 0 atom stereocenters. The highest BCUT2D eigenvalue weighted by Crippen LogP contribution is 2.21. The largest absolute Gasteiger partial charge is 0.462 e. The van der Waals surface area contributed by atoms with Crippen molar-refractivity contribution >= 4 is 35.2 Å². The molecule has 24 heavy (non-hydrogen) atoms. The van der Waals surface area contributed by atoms with Crippen LogP contribution in [0, 0.1) is 5.82 Å². The Morgan fingerprint density at radius 1 is 1.21 bits per heavy atom. The number of amides is 1. The van der Waals surface area contributed by atoms with Crippen LogP contribution in [0.3, 0.4) is 0 Å². The molecule has 4 nitrogen and oxygen atoms in total. The van der Waals surface area contributed by atoms with Crippen molar-refractivity contribution in [2.24, 2.45) is 0 Å². The molecule has 0 spiro atoms. The summed E-state index contributed by atoms with van der Waals surface area (Å²) in [6.07, 6.45) is 2.86. The molecule has 1 N–H and O–H groups in total. The van der Waals surface area contributed by atoms with Gasteiger partial charge in [0.15, 0.2) is 0 Å². The van der Waals surface area contributed by atoms with E-state index in [1.807, 2.05) is 0 Å². The average molecular weight is 348 g/mol. The Bertz CT molecular complexity index is 772. The topological polar surface area (TPSA) is 55.4 Å². The van der Waals surface area contributed by atoms with Crippen LogP contribution < -0.4 is 5.32 Å². The minimum absolute atomic E-state index is 0.179. The molecule has 0 aromatic heterocycles. The smallest absolute Gasteiger partial charge is 0.339 e. The van der Waals surface area contributed by atoms with Crippen molar-refractivity contribution < 1.29 is 18.7 Å². The lowest BCUT2D eigenvalue weighted by Gasteiger charge is -2.07. The zero-order valence-corrected chi connectivity index (χ0v) is 13.6. The Hall–Kier alpha value is -2.66. The first-order valence-corrected chi connectivity index (χ1v) is 7.58. The Labute approximate surface area is 143 Å². The zero-order chi connectivity index (χ0) is 17.5. The summed E-state index contributed by atoms with van der Waals surface area (Å²) in [5.41, 5.74) is 1.28. The van der Waals surface area contributed by atoms with E-state index in [0.717, 1.165) is 0 Å². The van der Waals surface area contributed by atoms with Crippen molar-refractivity contribution in [1.82, 2.24) is 0 Å². The fourth-order valence-corrected chi connectivity index (χ4v) is 2.09. The summed E-state index contributed by atoms with van der Waals surface area (Å²) in [7, 11) is 0. The first-order chi connectivity index (χ1) is 11.5. The molecule has 0 aliphatic rings. The third-order valence-electron chi connectivity index (χ3n) is 3.03. The van der Waals surface area contributed by atoms with E-state index in [9.17, 15) is 14.0 Å². The number of halogens is 2. The standard InChI is InChI=1S/C18H15ClFNO3/c1-2-24-18(23)15-11-14(8-9-16(15)19)21-17(22)10-5-12-3-6-13(20)7-4-12/h3-11H,2H2,1H3,(H,21,22)/b10-5+. The molecule has 0 saturated carbocycles. The summed E-state index contributed by atoms with van der Waals surface area (Å²) in [6.45, 7) is 1.92. The SMILES string of the molecule is CCOC(=O)c1cc(NC(=O)/C=C/c2ccc(F)cc2)ccc1Cl. The lowest BCUT2D eigenvalue weighted by Crippen LogP contribution is -2.10. The van der Waals surface area contributed by atoms with E-state index in [1.54, 1.807) is 31.2 Å². The quantitative estimate of drug-likeness (QED) is 0.647. The van der Waals surface area contributed by atoms with Crippen LogP contribution in [0.2, 0.25) is 5.02 Å². The number of ether oxygens (including phenoxy) is 1. The molecule has 0 fully saturated rings. The van der Waals surface area contributed by atoms with Gasteiger partial charge in [0.25, 0.3) is 0 Å². The van der Waals surface area contributed by atoms with Gasteiger partial charge in [-0.2, -0.15) is 0 Å². The van der Waals surface area contributed by atoms with Gasteiger partial charge < -0.3 is 10.1 Å². The van der Waals surface area contributed by atoms with Gasteiger partial charge in [-0.3, -0.25) is 4.79 Å². The Morgan fingerprint density at radius 2 is 1.92 bits per heavy atom. The molecule has 0 heterocycles. The predicted molar refractivity (Wildman–Crippen MR) is 91.5 cm³/mol. The molecule has 2 aromatic carbocycles. The molecule has 6 heteroatoms. The summed E-state index contributed by atoms with van der Waals surface area (Å²) >= 11 is 5.96. The molecule has 0 saturated heterocycles. The second-order valence-electron chi connectivity index (χ2n) is 4.79. The van der Waals surface area contributed by atoms with E-state index in [2.05, 4.69) is 5.32 Å². The molecular weight excluding hydrogens is 333 g/mol. The van der Waals surface area contributed by atoms with Gasteiger partial charge in [0.1, 0.15) is 5.82 Å². The molecule has 0 unspecified atom stereocenters. The number of rotatable bonds is 5. The van der Waals surface area contributed by atoms with E-state index >= 15 is 0 Å². The van der Waals surface area contributed by atoms with Crippen molar-refractivity contribution in [2.45, 2.75) is 6.92 Å². The summed E-state index contributed by atoms with van der Waals surface area (Å²) in [5.74, 6) is -1.29. The molecule has 2 aromatic rings. The second-order valence-corrected chi connectivity index (χ2v) is 5.20. The van der Waals surface area contributed by atoms with Crippen molar-refractivity contribution in [3.8, 4) is 0 Å². The number of hydrogen-bond donors (Lipinski definition) is 1. The highest BCUT2D eigenvalue weighted by molar-refractivity contribution is 6.33. The zero-order valence-electron chi connectivity index (χ0n) is 12.9. The third-order valence-corrected chi connectivity index (χ3v) is 3.36. The molecular formula is C18H15ClFNO3. The average Bonchev–Trinajstić information content (AvgIpc) is 2.56. The van der Waals surface area contributed by atoms with Gasteiger partial charge in [0, 0.05) is 11.8 Å². The van der Waals surface area contributed by atoms with Gasteiger partial charge in [0.05, 0.1) is 17.2 Å².